The van der Waals surface area contributed by atoms with Crippen molar-refractivity contribution in [1.82, 2.24) is 4.57 Å². The summed E-state index contributed by atoms with van der Waals surface area (Å²) in [5, 5.41) is 9.63. The minimum absolute atomic E-state index is 0.217. The van der Waals surface area contributed by atoms with Gasteiger partial charge in [-0.3, -0.25) is 4.79 Å². The number of hydrogen-bond donors (Lipinski definition) is 2. The number of halogens is 3. The molecule has 0 bridgehead atoms. The molecule has 2 aromatic carbocycles. The molecule has 4 rings (SSSR count). The van der Waals surface area contributed by atoms with Crippen LogP contribution in [0.5, 0.6) is 11.5 Å². The first kappa shape index (κ1) is 22.5. The summed E-state index contributed by atoms with van der Waals surface area (Å²) in [7, 11) is 0. The van der Waals surface area contributed by atoms with Gasteiger partial charge >= 0.3 is 12.3 Å². The number of nitrogens with zero attached hydrogens (tertiary/aromatic N) is 1. The van der Waals surface area contributed by atoms with E-state index in [0.29, 0.717) is 47.0 Å². The molecule has 0 saturated heterocycles. The van der Waals surface area contributed by atoms with Crippen LogP contribution in [-0.2, 0) is 22.6 Å². The molecule has 10 heteroatoms. The van der Waals surface area contributed by atoms with E-state index in [-0.39, 0.29) is 12.3 Å². The Morgan fingerprint density at radius 1 is 1.18 bits per heavy atom. The zero-order valence-corrected chi connectivity index (χ0v) is 17.4. The van der Waals surface area contributed by atoms with Crippen LogP contribution in [0.25, 0.3) is 10.9 Å². The van der Waals surface area contributed by atoms with E-state index in [1.54, 1.807) is 24.3 Å². The van der Waals surface area contributed by atoms with Crippen LogP contribution in [0.2, 0.25) is 0 Å². The Hall–Kier alpha value is -3.69. The topological polar surface area (TPSA) is 104 Å². The second-order valence-electron chi connectivity index (χ2n) is 7.82. The molecule has 7 nitrogen and oxygen atoms in total. The maximum Gasteiger partial charge on any atom is 0.573 e. The maximum atomic E-state index is 12.6. The first-order valence-electron chi connectivity index (χ1n) is 10.3. The van der Waals surface area contributed by atoms with Crippen molar-refractivity contribution in [2.24, 2.45) is 5.73 Å². The summed E-state index contributed by atoms with van der Waals surface area (Å²) in [5.41, 5.74) is 8.44. The van der Waals surface area contributed by atoms with Crippen molar-refractivity contribution in [2.75, 3.05) is 6.61 Å². The Morgan fingerprint density at radius 2 is 1.94 bits per heavy atom. The summed E-state index contributed by atoms with van der Waals surface area (Å²) in [6, 6.07) is 10.8. The van der Waals surface area contributed by atoms with E-state index >= 15 is 0 Å². The molecule has 0 saturated carbocycles. The van der Waals surface area contributed by atoms with Gasteiger partial charge in [0.15, 0.2) is 6.61 Å². The van der Waals surface area contributed by atoms with Gasteiger partial charge in [-0.15, -0.1) is 13.2 Å². The van der Waals surface area contributed by atoms with Gasteiger partial charge in [0.2, 0.25) is 5.91 Å². The minimum atomic E-state index is -4.80. The van der Waals surface area contributed by atoms with Crippen LogP contribution in [0, 0.1) is 0 Å². The third-order valence-corrected chi connectivity index (χ3v) is 5.62. The highest BCUT2D eigenvalue weighted by Crippen LogP contribution is 2.43. The number of ether oxygens (including phenoxy) is 2. The summed E-state index contributed by atoms with van der Waals surface area (Å²) in [6.07, 6.45) is -2.92. The lowest BCUT2D eigenvalue weighted by atomic mass is 9.84. The number of amides is 1. The Bertz CT molecular complexity index is 1220. The summed E-state index contributed by atoms with van der Waals surface area (Å²) in [4.78, 5) is 23.3. The van der Waals surface area contributed by atoms with E-state index in [0.717, 1.165) is 5.69 Å². The second-order valence-corrected chi connectivity index (χ2v) is 7.82. The lowest BCUT2D eigenvalue weighted by molar-refractivity contribution is -0.274. The summed E-state index contributed by atoms with van der Waals surface area (Å²) in [5.74, 6) is -2.23. The number of carboxylic acids is 1. The second kappa shape index (κ2) is 8.68. The number of fused-ring (bicyclic) bond motifs is 3. The Labute approximate surface area is 186 Å². The number of aliphatic carboxylic acids is 1. The lowest BCUT2D eigenvalue weighted by Gasteiger charge is -2.22. The molecule has 33 heavy (non-hydrogen) atoms. The smallest absolute Gasteiger partial charge is 0.481 e. The number of carbonyl (C=O) groups excluding carboxylic acids is 1. The monoisotopic (exact) mass is 462 g/mol. The number of alkyl halides is 3. The van der Waals surface area contributed by atoms with Crippen LogP contribution in [-0.4, -0.2) is 34.5 Å². The van der Waals surface area contributed by atoms with Crippen molar-refractivity contribution < 1.29 is 37.3 Å². The molecular formula is C23H21F3N2O5. The van der Waals surface area contributed by atoms with Crippen molar-refractivity contribution in [3.05, 3.63) is 59.3 Å². The standard InChI is InChI=1S/C23H21F3N2O5/c24-23(25,26)33-14-5-1-4-13(10-14)11-28-16-7-2-6-15(22(27)31)20(16)21-17(28)8-3-9-18(21)32-12-19(29)30/h1,3-5,8-10,15H,2,6-7,11-12H2,(H2,27,31)(H,29,30). The van der Waals surface area contributed by atoms with Gasteiger partial charge in [0.1, 0.15) is 11.5 Å². The molecule has 1 aliphatic rings. The third kappa shape index (κ3) is 4.74. The van der Waals surface area contributed by atoms with Crippen LogP contribution < -0.4 is 15.2 Å². The van der Waals surface area contributed by atoms with E-state index in [4.69, 9.17) is 15.6 Å². The summed E-state index contributed by atoms with van der Waals surface area (Å²) in [6.45, 7) is -0.341. The molecule has 1 aromatic heterocycles. The lowest BCUT2D eigenvalue weighted by Crippen LogP contribution is -2.25. The van der Waals surface area contributed by atoms with Crippen molar-refractivity contribution in [2.45, 2.75) is 38.1 Å². The van der Waals surface area contributed by atoms with Gasteiger partial charge in [-0.25, -0.2) is 4.79 Å². The molecule has 1 atom stereocenters. The molecule has 0 fully saturated rings. The Balaban J connectivity index is 1.84. The largest absolute Gasteiger partial charge is 0.573 e. The fourth-order valence-corrected chi connectivity index (χ4v) is 4.46. The van der Waals surface area contributed by atoms with E-state index in [2.05, 4.69) is 4.74 Å². The van der Waals surface area contributed by atoms with Gasteiger partial charge in [-0.1, -0.05) is 18.2 Å². The fraction of sp³-hybridized carbons (Fsp3) is 0.304. The Morgan fingerprint density at radius 3 is 2.64 bits per heavy atom. The van der Waals surface area contributed by atoms with E-state index in [9.17, 15) is 22.8 Å². The zero-order chi connectivity index (χ0) is 23.8. The van der Waals surface area contributed by atoms with Gasteiger partial charge in [0, 0.05) is 17.6 Å². The number of primary amides is 1. The van der Waals surface area contributed by atoms with Crippen LogP contribution in [0.1, 0.15) is 35.6 Å². The van der Waals surface area contributed by atoms with E-state index in [1.165, 1.54) is 18.2 Å². The highest BCUT2D eigenvalue weighted by atomic mass is 19.4. The summed E-state index contributed by atoms with van der Waals surface area (Å²) < 4.78 is 49.4. The molecule has 1 aliphatic carbocycles. The third-order valence-electron chi connectivity index (χ3n) is 5.62. The molecule has 0 spiro atoms. The number of aromatic nitrogens is 1. The SMILES string of the molecule is NC(=O)C1CCCc2c1c1c(OCC(=O)O)cccc1n2Cc1cccc(OC(F)(F)F)c1. The number of nitrogens with two attached hydrogens (primary N) is 1. The van der Waals surface area contributed by atoms with Crippen LogP contribution in [0.3, 0.4) is 0 Å². The molecule has 3 N–H and O–H groups in total. The molecule has 1 amide bonds. The molecule has 1 heterocycles. The van der Waals surface area contributed by atoms with Crippen LogP contribution in [0.4, 0.5) is 13.2 Å². The molecule has 1 unspecified atom stereocenters. The van der Waals surface area contributed by atoms with Gasteiger partial charge in [0.05, 0.1) is 11.4 Å². The number of carbonyl (C=O) groups is 2. The number of hydrogen-bond acceptors (Lipinski definition) is 4. The molecule has 3 aromatic rings. The maximum absolute atomic E-state index is 12.6. The average Bonchev–Trinajstić information content (AvgIpc) is 3.05. The van der Waals surface area contributed by atoms with E-state index in [1.807, 2.05) is 4.57 Å². The minimum Gasteiger partial charge on any atom is -0.481 e. The molecular weight excluding hydrogens is 441 g/mol. The predicted octanol–water partition coefficient (Wildman–Crippen LogP) is 3.96. The molecule has 174 valence electrons. The normalized spacial score (nSPS) is 15.8. The van der Waals surface area contributed by atoms with Crippen molar-refractivity contribution >= 4 is 22.8 Å². The van der Waals surface area contributed by atoms with Crippen molar-refractivity contribution in [3.63, 3.8) is 0 Å². The fourth-order valence-electron chi connectivity index (χ4n) is 4.46. The average molecular weight is 462 g/mol. The first-order chi connectivity index (χ1) is 15.6. The number of carboxylic acid groups (broad SMARTS) is 1. The Kier molecular flexibility index (Phi) is 5.92. The first-order valence-corrected chi connectivity index (χ1v) is 10.3. The molecule has 0 radical (unpaired) electrons. The quantitative estimate of drug-likeness (QED) is 0.553. The number of rotatable bonds is 7. The predicted molar refractivity (Wildman–Crippen MR) is 112 cm³/mol. The highest BCUT2D eigenvalue weighted by molar-refractivity contribution is 5.97. The zero-order valence-electron chi connectivity index (χ0n) is 17.4. The number of benzene rings is 2. The highest BCUT2D eigenvalue weighted by Gasteiger charge is 2.33. The van der Waals surface area contributed by atoms with Gasteiger partial charge in [-0.2, -0.15) is 0 Å². The van der Waals surface area contributed by atoms with Crippen molar-refractivity contribution in [1.29, 1.82) is 0 Å². The van der Waals surface area contributed by atoms with Gasteiger partial charge in [-0.05, 0) is 54.7 Å². The van der Waals surface area contributed by atoms with Crippen LogP contribution in [0.15, 0.2) is 42.5 Å². The van der Waals surface area contributed by atoms with Crippen molar-refractivity contribution in [3.8, 4) is 11.5 Å². The van der Waals surface area contributed by atoms with Gasteiger partial charge < -0.3 is 24.9 Å². The summed E-state index contributed by atoms with van der Waals surface area (Å²) >= 11 is 0. The van der Waals surface area contributed by atoms with Crippen LogP contribution >= 0.6 is 0 Å². The van der Waals surface area contributed by atoms with Gasteiger partial charge in [0.25, 0.3) is 0 Å². The molecule has 0 aliphatic heterocycles. The van der Waals surface area contributed by atoms with E-state index < -0.39 is 30.8 Å².